The van der Waals surface area contributed by atoms with Crippen LogP contribution in [0.2, 0.25) is 5.02 Å². The summed E-state index contributed by atoms with van der Waals surface area (Å²) in [5.74, 6) is 0.253. The first-order valence-corrected chi connectivity index (χ1v) is 8.44. The summed E-state index contributed by atoms with van der Waals surface area (Å²) in [6, 6.07) is 15.8. The lowest BCUT2D eigenvalue weighted by molar-refractivity contribution is 0.0840. The molecule has 0 aromatic heterocycles. The van der Waals surface area contributed by atoms with E-state index >= 15 is 0 Å². The van der Waals surface area contributed by atoms with Crippen LogP contribution in [0.3, 0.4) is 0 Å². The van der Waals surface area contributed by atoms with Crippen LogP contribution in [-0.2, 0) is 11.8 Å². The van der Waals surface area contributed by atoms with E-state index in [1.807, 2.05) is 42.5 Å². The third kappa shape index (κ3) is 3.06. The highest BCUT2D eigenvalue weighted by Crippen LogP contribution is 2.41. The van der Waals surface area contributed by atoms with Crippen LogP contribution in [0.15, 0.2) is 48.5 Å². The van der Waals surface area contributed by atoms with Gasteiger partial charge in [0, 0.05) is 10.6 Å². The lowest BCUT2D eigenvalue weighted by Crippen LogP contribution is -2.42. The molecule has 0 saturated carbocycles. The molecule has 3 heteroatoms. The van der Waals surface area contributed by atoms with Crippen LogP contribution in [0.1, 0.15) is 34.3 Å². The molecule has 0 radical (unpaired) electrons. The van der Waals surface area contributed by atoms with Crippen LogP contribution in [0.5, 0.6) is 0 Å². The zero-order valence-electron chi connectivity index (χ0n) is 13.7. The number of fused-ring (bicyclic) bond motifs is 1. The van der Waals surface area contributed by atoms with Gasteiger partial charge in [-0.05, 0) is 63.2 Å². The number of Topliss-reactive ketones (excluding diaryl/α,β-unsaturated/α-hetero) is 1. The topological polar surface area (TPSA) is 20.3 Å². The lowest BCUT2D eigenvalue weighted by Gasteiger charge is -2.38. The second kappa shape index (κ2) is 6.46. The largest absolute Gasteiger partial charge is 0.309 e. The molecule has 0 amide bonds. The zero-order valence-corrected chi connectivity index (χ0v) is 14.4. The monoisotopic (exact) mass is 327 g/mol. The van der Waals surface area contributed by atoms with Crippen LogP contribution in [0, 0.1) is 0 Å². The minimum atomic E-state index is -0.441. The summed E-state index contributed by atoms with van der Waals surface area (Å²) in [6.45, 7) is 0.885. The molecule has 1 atom stereocenters. The molecule has 0 fully saturated rings. The molecular weight excluding hydrogens is 306 g/mol. The van der Waals surface area contributed by atoms with E-state index < -0.39 is 5.41 Å². The minimum absolute atomic E-state index is 0.253. The van der Waals surface area contributed by atoms with E-state index in [4.69, 9.17) is 11.6 Å². The smallest absolute Gasteiger partial charge is 0.173 e. The van der Waals surface area contributed by atoms with E-state index in [0.29, 0.717) is 5.02 Å². The highest BCUT2D eigenvalue weighted by atomic mass is 35.5. The van der Waals surface area contributed by atoms with Crippen LogP contribution >= 0.6 is 11.6 Å². The number of halogens is 1. The fraction of sp³-hybridized carbons (Fsp3) is 0.350. The molecule has 1 aliphatic rings. The zero-order chi connectivity index (χ0) is 16.4. The number of hydrogen-bond acceptors (Lipinski definition) is 2. The van der Waals surface area contributed by atoms with Crippen molar-refractivity contribution in [3.63, 3.8) is 0 Å². The summed E-state index contributed by atoms with van der Waals surface area (Å²) in [5, 5.41) is 0.708. The average Bonchev–Trinajstić information content (AvgIpc) is 2.56. The van der Waals surface area contributed by atoms with Gasteiger partial charge in [0.1, 0.15) is 0 Å². The molecule has 120 valence electrons. The number of hydrogen-bond donors (Lipinski definition) is 0. The second-order valence-corrected chi connectivity index (χ2v) is 7.06. The summed E-state index contributed by atoms with van der Waals surface area (Å²) < 4.78 is 0. The number of carbonyl (C=O) groups excluding carboxylic acids is 1. The number of benzene rings is 2. The Morgan fingerprint density at radius 2 is 1.78 bits per heavy atom. The maximum atomic E-state index is 13.4. The van der Waals surface area contributed by atoms with Crippen LogP contribution < -0.4 is 0 Å². The Hall–Kier alpha value is -1.64. The van der Waals surface area contributed by atoms with Gasteiger partial charge >= 0.3 is 0 Å². The fourth-order valence-electron chi connectivity index (χ4n) is 3.52. The standard InChI is InChI=1S/C20H22ClNO/c1-22(2)14-13-20(16-7-9-17(21)10-8-16)12-11-15-5-3-4-6-18(15)19(20)23/h3-10H,11-14H2,1-2H3. The fourth-order valence-corrected chi connectivity index (χ4v) is 3.65. The van der Waals surface area contributed by atoms with Crippen LogP contribution in [0.25, 0.3) is 0 Å². The van der Waals surface area contributed by atoms with E-state index in [1.54, 1.807) is 0 Å². The Kier molecular flexibility index (Phi) is 4.56. The molecule has 0 aliphatic heterocycles. The summed E-state index contributed by atoms with van der Waals surface area (Å²) in [7, 11) is 4.10. The average molecular weight is 328 g/mol. The SMILES string of the molecule is CN(C)CCC1(c2ccc(Cl)cc2)CCc2ccccc2C1=O. The van der Waals surface area contributed by atoms with Crippen molar-refractivity contribution in [1.82, 2.24) is 4.90 Å². The summed E-state index contributed by atoms with van der Waals surface area (Å²) in [6.07, 6.45) is 2.63. The van der Waals surface area contributed by atoms with Crippen molar-refractivity contribution >= 4 is 17.4 Å². The van der Waals surface area contributed by atoms with Gasteiger partial charge in [-0.2, -0.15) is 0 Å². The van der Waals surface area contributed by atoms with E-state index in [1.165, 1.54) is 5.56 Å². The number of ketones is 1. The summed E-state index contributed by atoms with van der Waals surface area (Å²) >= 11 is 6.05. The van der Waals surface area contributed by atoms with Crippen molar-refractivity contribution in [2.75, 3.05) is 20.6 Å². The lowest BCUT2D eigenvalue weighted by atomic mass is 9.64. The van der Waals surface area contributed by atoms with Crippen molar-refractivity contribution in [2.24, 2.45) is 0 Å². The van der Waals surface area contributed by atoms with Gasteiger partial charge in [0.05, 0.1) is 5.41 Å². The highest BCUT2D eigenvalue weighted by molar-refractivity contribution is 6.30. The van der Waals surface area contributed by atoms with E-state index in [9.17, 15) is 4.79 Å². The summed E-state index contributed by atoms with van der Waals surface area (Å²) in [4.78, 5) is 15.5. The molecule has 1 aliphatic carbocycles. The quantitative estimate of drug-likeness (QED) is 0.831. The molecule has 23 heavy (non-hydrogen) atoms. The van der Waals surface area contributed by atoms with Gasteiger partial charge in [-0.25, -0.2) is 0 Å². The normalized spacial score (nSPS) is 20.6. The van der Waals surface area contributed by atoms with Gasteiger partial charge in [-0.1, -0.05) is 48.0 Å². The predicted octanol–water partition coefficient (Wildman–Crippen LogP) is 4.36. The summed E-state index contributed by atoms with van der Waals surface area (Å²) in [5.41, 5.74) is 2.70. The van der Waals surface area contributed by atoms with Gasteiger partial charge in [0.2, 0.25) is 0 Å². The molecule has 0 bridgehead atoms. The first-order valence-electron chi connectivity index (χ1n) is 8.06. The number of nitrogens with zero attached hydrogens (tertiary/aromatic N) is 1. The molecule has 0 heterocycles. The Labute approximate surface area is 143 Å². The Morgan fingerprint density at radius 3 is 2.48 bits per heavy atom. The first-order chi connectivity index (χ1) is 11.0. The van der Waals surface area contributed by atoms with Gasteiger partial charge in [-0.3, -0.25) is 4.79 Å². The number of rotatable bonds is 4. The van der Waals surface area contributed by atoms with Gasteiger partial charge in [0.15, 0.2) is 5.78 Å². The molecule has 0 spiro atoms. The predicted molar refractivity (Wildman–Crippen MR) is 95.4 cm³/mol. The molecule has 0 saturated heterocycles. The van der Waals surface area contributed by atoms with Gasteiger partial charge in [-0.15, -0.1) is 0 Å². The molecule has 2 nitrogen and oxygen atoms in total. The maximum absolute atomic E-state index is 13.4. The van der Waals surface area contributed by atoms with Gasteiger partial charge in [0.25, 0.3) is 0 Å². The van der Waals surface area contributed by atoms with Crippen molar-refractivity contribution < 1.29 is 4.79 Å². The van der Waals surface area contributed by atoms with Crippen LogP contribution in [-0.4, -0.2) is 31.3 Å². The number of aryl methyl sites for hydroxylation is 1. The van der Waals surface area contributed by atoms with Crippen LogP contribution in [0.4, 0.5) is 0 Å². The van der Waals surface area contributed by atoms with Crippen molar-refractivity contribution in [1.29, 1.82) is 0 Å². The van der Waals surface area contributed by atoms with Crippen molar-refractivity contribution in [2.45, 2.75) is 24.7 Å². The molecule has 0 N–H and O–H groups in total. The third-order valence-corrected chi connectivity index (χ3v) is 5.15. The molecule has 2 aromatic carbocycles. The third-order valence-electron chi connectivity index (χ3n) is 4.90. The van der Waals surface area contributed by atoms with Crippen molar-refractivity contribution in [3.05, 3.63) is 70.2 Å². The van der Waals surface area contributed by atoms with E-state index in [2.05, 4.69) is 25.1 Å². The molecule has 3 rings (SSSR count). The maximum Gasteiger partial charge on any atom is 0.173 e. The highest BCUT2D eigenvalue weighted by Gasteiger charge is 2.43. The Balaban J connectivity index is 2.06. The Bertz CT molecular complexity index is 708. The van der Waals surface area contributed by atoms with E-state index in [-0.39, 0.29) is 5.78 Å². The van der Waals surface area contributed by atoms with E-state index in [0.717, 1.165) is 36.9 Å². The van der Waals surface area contributed by atoms with Gasteiger partial charge < -0.3 is 4.90 Å². The molecule has 2 aromatic rings. The van der Waals surface area contributed by atoms with Crippen molar-refractivity contribution in [3.8, 4) is 0 Å². The second-order valence-electron chi connectivity index (χ2n) is 6.63. The molecule has 1 unspecified atom stereocenters. The molecular formula is C20H22ClNO. The Morgan fingerprint density at radius 1 is 1.09 bits per heavy atom. The minimum Gasteiger partial charge on any atom is -0.309 e. The first kappa shape index (κ1) is 16.2. The number of carbonyl (C=O) groups is 1.